The second-order valence-corrected chi connectivity index (χ2v) is 4.46. The predicted molar refractivity (Wildman–Crippen MR) is 61.5 cm³/mol. The number of hydrogen-bond acceptors (Lipinski definition) is 3. The summed E-state index contributed by atoms with van der Waals surface area (Å²) in [6.07, 6.45) is 8.26. The molecule has 0 aromatic heterocycles. The predicted octanol–water partition coefficient (Wildman–Crippen LogP) is 2.70. The first kappa shape index (κ1) is 10.4. The number of ether oxygens (including phenoxy) is 1. The van der Waals surface area contributed by atoms with E-state index >= 15 is 0 Å². The van der Waals surface area contributed by atoms with Gasteiger partial charge in [-0.05, 0) is 24.6 Å². The maximum absolute atomic E-state index is 10.8. The van der Waals surface area contributed by atoms with Crippen LogP contribution in [0.5, 0.6) is 0 Å². The van der Waals surface area contributed by atoms with Gasteiger partial charge < -0.3 is 4.74 Å². The van der Waals surface area contributed by atoms with Crippen molar-refractivity contribution in [2.45, 2.75) is 13.3 Å². The molecule has 2 rings (SSSR count). The third-order valence-electron chi connectivity index (χ3n) is 2.19. The van der Waals surface area contributed by atoms with E-state index in [-0.39, 0.29) is 11.9 Å². The van der Waals surface area contributed by atoms with Crippen LogP contribution in [0.1, 0.15) is 13.3 Å². The van der Waals surface area contributed by atoms with E-state index in [1.54, 1.807) is 12.3 Å². The van der Waals surface area contributed by atoms with Crippen LogP contribution in [0.25, 0.3) is 0 Å². The number of allylic oxidation sites excluding steroid dienone is 4. The monoisotopic (exact) mass is 267 g/mol. The molecule has 0 aromatic carbocycles. The molecule has 0 aromatic rings. The van der Waals surface area contributed by atoms with Crippen LogP contribution in [0.3, 0.4) is 0 Å². The molecular weight excluding hydrogens is 258 g/mol. The molecule has 0 bridgehead atoms. The van der Waals surface area contributed by atoms with Crippen molar-refractivity contribution in [2.24, 2.45) is 10.9 Å². The Morgan fingerprint density at radius 3 is 3.13 bits per heavy atom. The zero-order chi connectivity index (χ0) is 10.8. The van der Waals surface area contributed by atoms with E-state index in [0.717, 1.165) is 16.6 Å². The minimum Gasteiger partial charge on any atom is -0.427 e. The molecule has 4 heteroatoms. The van der Waals surface area contributed by atoms with Crippen LogP contribution in [-0.4, -0.2) is 11.7 Å². The van der Waals surface area contributed by atoms with Gasteiger partial charge in [-0.15, -0.1) is 0 Å². The average Bonchev–Trinajstić information content (AvgIpc) is 2.16. The Bertz CT molecular complexity index is 418. The molecule has 2 aliphatic rings. The molecule has 3 nitrogen and oxygen atoms in total. The lowest BCUT2D eigenvalue weighted by atomic mass is 9.93. The van der Waals surface area contributed by atoms with Crippen LogP contribution in [0, 0.1) is 5.92 Å². The number of nitrogens with zero attached hydrogens (tertiary/aromatic N) is 1. The molecule has 0 radical (unpaired) electrons. The van der Waals surface area contributed by atoms with Gasteiger partial charge in [0.15, 0.2) is 0 Å². The molecule has 1 aliphatic carbocycles. The number of rotatable bonds is 1. The highest BCUT2D eigenvalue weighted by Gasteiger charge is 2.20. The van der Waals surface area contributed by atoms with Gasteiger partial charge in [0, 0.05) is 29.2 Å². The number of halogens is 1. The van der Waals surface area contributed by atoms with E-state index in [1.807, 2.05) is 12.2 Å². The molecule has 0 saturated heterocycles. The molecule has 0 fully saturated rings. The van der Waals surface area contributed by atoms with Crippen LogP contribution in [-0.2, 0) is 9.53 Å². The number of aliphatic imine (C=N–C) groups is 1. The van der Waals surface area contributed by atoms with Gasteiger partial charge >= 0.3 is 5.97 Å². The lowest BCUT2D eigenvalue weighted by Gasteiger charge is -2.20. The largest absolute Gasteiger partial charge is 0.427 e. The van der Waals surface area contributed by atoms with Crippen molar-refractivity contribution in [3.05, 3.63) is 34.7 Å². The number of carbonyl (C=O) groups is 1. The first-order chi connectivity index (χ1) is 7.15. The lowest BCUT2D eigenvalue weighted by molar-refractivity contribution is -0.136. The molecule has 1 heterocycles. The highest BCUT2D eigenvalue weighted by Crippen LogP contribution is 2.28. The maximum Gasteiger partial charge on any atom is 0.308 e. The summed E-state index contributed by atoms with van der Waals surface area (Å²) in [5, 5.41) is 0. The van der Waals surface area contributed by atoms with Crippen molar-refractivity contribution >= 4 is 27.6 Å². The van der Waals surface area contributed by atoms with Crippen molar-refractivity contribution in [3.63, 3.8) is 0 Å². The fourth-order valence-electron chi connectivity index (χ4n) is 1.57. The highest BCUT2D eigenvalue weighted by molar-refractivity contribution is 9.11. The number of fused-ring (bicyclic) bond motifs is 1. The van der Waals surface area contributed by atoms with Crippen LogP contribution in [0.2, 0.25) is 0 Å². The summed E-state index contributed by atoms with van der Waals surface area (Å²) < 4.78 is 6.08. The van der Waals surface area contributed by atoms with Crippen LogP contribution >= 0.6 is 15.9 Å². The molecule has 0 spiro atoms. The fraction of sp³-hybridized carbons (Fsp3) is 0.273. The minimum atomic E-state index is -0.295. The summed E-state index contributed by atoms with van der Waals surface area (Å²) in [7, 11) is 0. The number of carbonyl (C=O) groups excluding carboxylic acids is 1. The summed E-state index contributed by atoms with van der Waals surface area (Å²) in [4.78, 5) is 15.1. The minimum absolute atomic E-state index is 0.212. The molecule has 1 atom stereocenters. The van der Waals surface area contributed by atoms with Gasteiger partial charge in [0.2, 0.25) is 0 Å². The van der Waals surface area contributed by atoms with Gasteiger partial charge in [0.25, 0.3) is 0 Å². The second-order valence-electron chi connectivity index (χ2n) is 3.44. The van der Waals surface area contributed by atoms with Gasteiger partial charge in [-0.2, -0.15) is 0 Å². The third-order valence-corrected chi connectivity index (χ3v) is 2.72. The number of esters is 1. The lowest BCUT2D eigenvalue weighted by Crippen LogP contribution is -2.17. The highest BCUT2D eigenvalue weighted by atomic mass is 79.9. The topological polar surface area (TPSA) is 38.7 Å². The zero-order valence-corrected chi connectivity index (χ0v) is 9.82. The SMILES string of the molecule is CC(=O)OC1=CC2CC(Br)=CN=C2C=C1. The molecule has 0 N–H and O–H groups in total. The fourth-order valence-corrected chi connectivity index (χ4v) is 2.03. The Morgan fingerprint density at radius 1 is 1.60 bits per heavy atom. The first-order valence-electron chi connectivity index (χ1n) is 4.66. The van der Waals surface area contributed by atoms with E-state index < -0.39 is 0 Å². The summed E-state index contributed by atoms with van der Waals surface area (Å²) in [6.45, 7) is 1.40. The normalized spacial score (nSPS) is 23.6. The Kier molecular flexibility index (Phi) is 2.86. The Morgan fingerprint density at radius 2 is 2.40 bits per heavy atom. The molecule has 1 unspecified atom stereocenters. The Labute approximate surface area is 96.3 Å². The van der Waals surface area contributed by atoms with Crippen molar-refractivity contribution in [1.82, 2.24) is 0 Å². The number of hydrogen-bond donors (Lipinski definition) is 0. The van der Waals surface area contributed by atoms with Crippen LogP contribution in [0.15, 0.2) is 39.7 Å². The van der Waals surface area contributed by atoms with Crippen molar-refractivity contribution in [3.8, 4) is 0 Å². The van der Waals surface area contributed by atoms with E-state index in [2.05, 4.69) is 20.9 Å². The Hall–Kier alpha value is -1.16. The molecule has 0 saturated carbocycles. The molecule has 1 aliphatic heterocycles. The average molecular weight is 268 g/mol. The van der Waals surface area contributed by atoms with E-state index in [0.29, 0.717) is 5.76 Å². The van der Waals surface area contributed by atoms with Gasteiger partial charge in [-0.1, -0.05) is 15.9 Å². The molecular formula is C11H10BrNO2. The van der Waals surface area contributed by atoms with Crippen LogP contribution in [0.4, 0.5) is 0 Å². The van der Waals surface area contributed by atoms with E-state index in [9.17, 15) is 4.79 Å². The van der Waals surface area contributed by atoms with Gasteiger partial charge in [-0.3, -0.25) is 9.79 Å². The van der Waals surface area contributed by atoms with Gasteiger partial charge in [0.1, 0.15) is 5.76 Å². The quantitative estimate of drug-likeness (QED) is 0.686. The maximum atomic E-state index is 10.8. The first-order valence-corrected chi connectivity index (χ1v) is 5.45. The van der Waals surface area contributed by atoms with E-state index in [1.165, 1.54) is 6.92 Å². The van der Waals surface area contributed by atoms with Crippen molar-refractivity contribution in [1.29, 1.82) is 0 Å². The summed E-state index contributed by atoms with van der Waals surface area (Å²) in [5.41, 5.74) is 1.01. The molecule has 0 amide bonds. The van der Waals surface area contributed by atoms with Gasteiger partial charge in [-0.25, -0.2) is 0 Å². The Balaban J connectivity index is 2.18. The van der Waals surface area contributed by atoms with E-state index in [4.69, 9.17) is 4.74 Å². The standard InChI is InChI=1S/C11H10BrNO2/c1-7(14)15-10-2-3-11-8(5-10)4-9(12)6-13-11/h2-3,5-6,8H,4H2,1H3. The van der Waals surface area contributed by atoms with Crippen LogP contribution < -0.4 is 0 Å². The summed E-state index contributed by atoms with van der Waals surface area (Å²) in [6, 6.07) is 0. The smallest absolute Gasteiger partial charge is 0.308 e. The van der Waals surface area contributed by atoms with Crippen molar-refractivity contribution in [2.75, 3.05) is 0 Å². The summed E-state index contributed by atoms with van der Waals surface area (Å²) in [5.74, 6) is 0.522. The molecule has 78 valence electrons. The molecule has 15 heavy (non-hydrogen) atoms. The zero-order valence-electron chi connectivity index (χ0n) is 8.24. The third kappa shape index (κ3) is 2.45. The van der Waals surface area contributed by atoms with Crippen molar-refractivity contribution < 1.29 is 9.53 Å². The summed E-state index contributed by atoms with van der Waals surface area (Å²) >= 11 is 3.41. The van der Waals surface area contributed by atoms with Gasteiger partial charge in [0.05, 0.1) is 0 Å². The second kappa shape index (κ2) is 4.14.